The number of pyridine rings is 1. The first-order valence-corrected chi connectivity index (χ1v) is 12.8. The Labute approximate surface area is 218 Å². The highest BCUT2D eigenvalue weighted by molar-refractivity contribution is 5.72. The van der Waals surface area contributed by atoms with Crippen LogP contribution in [-0.2, 0) is 11.2 Å². The molecule has 0 spiro atoms. The summed E-state index contributed by atoms with van der Waals surface area (Å²) in [6.45, 7) is 6.31. The monoisotopic (exact) mass is 492 g/mol. The van der Waals surface area contributed by atoms with E-state index < -0.39 is 0 Å². The van der Waals surface area contributed by atoms with Crippen LogP contribution in [0.3, 0.4) is 0 Å². The fourth-order valence-electron chi connectivity index (χ4n) is 4.89. The summed E-state index contributed by atoms with van der Waals surface area (Å²) in [5, 5.41) is 2.57. The molecular weight excluding hydrogens is 448 g/mol. The minimum atomic E-state index is 0. The van der Waals surface area contributed by atoms with E-state index in [-0.39, 0.29) is 13.3 Å². The number of nitrogens with one attached hydrogen (secondary N) is 1. The number of aromatic nitrogens is 1. The number of carbonyl (C=O) groups excluding carboxylic acids is 1. The molecular formula is C31H44N2O3. The molecule has 0 bridgehead atoms. The first kappa shape index (κ1) is 29.2. The molecule has 2 aliphatic rings. The van der Waals surface area contributed by atoms with Crippen molar-refractivity contribution in [2.45, 2.75) is 78.7 Å². The van der Waals surface area contributed by atoms with Gasteiger partial charge < -0.3 is 14.8 Å². The predicted molar refractivity (Wildman–Crippen MR) is 149 cm³/mol. The third-order valence-electron chi connectivity index (χ3n) is 6.63. The van der Waals surface area contributed by atoms with Gasteiger partial charge in [-0.1, -0.05) is 37.3 Å². The number of hydrogen-bond acceptors (Lipinski definition) is 4. The van der Waals surface area contributed by atoms with Gasteiger partial charge in [-0.15, -0.1) is 0 Å². The number of ether oxygens (including phenoxy) is 2. The number of nitrogens with zero attached hydrogens (tertiary/aromatic N) is 1. The molecule has 0 saturated heterocycles. The summed E-state index contributed by atoms with van der Waals surface area (Å²) in [7, 11) is 1.73. The molecule has 196 valence electrons. The zero-order valence-electron chi connectivity index (χ0n) is 21.6. The van der Waals surface area contributed by atoms with Crippen molar-refractivity contribution in [2.24, 2.45) is 5.92 Å². The molecule has 36 heavy (non-hydrogen) atoms. The molecule has 1 aromatic carbocycles. The lowest BCUT2D eigenvalue weighted by Gasteiger charge is -2.28. The van der Waals surface area contributed by atoms with E-state index in [0.717, 1.165) is 43.7 Å². The largest absolute Gasteiger partial charge is 0.493 e. The maximum Gasteiger partial charge on any atom is 0.216 e. The van der Waals surface area contributed by atoms with E-state index in [1.165, 1.54) is 36.5 Å². The molecule has 0 radical (unpaired) electrons. The van der Waals surface area contributed by atoms with E-state index in [1.54, 1.807) is 7.11 Å². The first-order valence-electron chi connectivity index (χ1n) is 12.8. The molecule has 2 atom stereocenters. The van der Waals surface area contributed by atoms with Gasteiger partial charge in [0.05, 0.1) is 13.2 Å². The number of allylic oxidation sites excluding steroid dienone is 4. The third-order valence-corrected chi connectivity index (χ3v) is 6.63. The molecule has 1 N–H and O–H groups in total. The van der Waals surface area contributed by atoms with E-state index in [4.69, 9.17) is 9.47 Å². The molecule has 1 saturated carbocycles. The zero-order valence-corrected chi connectivity index (χ0v) is 21.6. The summed E-state index contributed by atoms with van der Waals surface area (Å²) >= 11 is 0. The van der Waals surface area contributed by atoms with Crippen LogP contribution in [-0.4, -0.2) is 30.6 Å². The highest BCUT2D eigenvalue weighted by atomic mass is 16.5. The SMILES string of the molecule is C.CCNC(C)=O.COc1ccc(C(Cc2ccncc2)C2C=C(C)C=CC2)cc1OC1CCCC1. The van der Waals surface area contributed by atoms with E-state index in [0.29, 0.717) is 17.9 Å². The van der Waals surface area contributed by atoms with Crippen LogP contribution in [0, 0.1) is 5.92 Å². The van der Waals surface area contributed by atoms with Crippen LogP contribution in [0.5, 0.6) is 11.5 Å². The van der Waals surface area contributed by atoms with Gasteiger partial charge in [-0.3, -0.25) is 9.78 Å². The predicted octanol–water partition coefficient (Wildman–Crippen LogP) is 7.04. The first-order chi connectivity index (χ1) is 17.0. The Morgan fingerprint density at radius 1 is 1.14 bits per heavy atom. The van der Waals surface area contributed by atoms with Gasteiger partial charge in [0.2, 0.25) is 5.91 Å². The van der Waals surface area contributed by atoms with Crippen molar-refractivity contribution < 1.29 is 14.3 Å². The highest BCUT2D eigenvalue weighted by Crippen LogP contribution is 2.39. The van der Waals surface area contributed by atoms with Gasteiger partial charge in [0.1, 0.15) is 0 Å². The quantitative estimate of drug-likeness (QED) is 0.429. The summed E-state index contributed by atoms with van der Waals surface area (Å²) in [5.41, 5.74) is 3.98. The second-order valence-corrected chi connectivity index (χ2v) is 9.40. The van der Waals surface area contributed by atoms with Crippen LogP contribution < -0.4 is 14.8 Å². The van der Waals surface area contributed by atoms with Gasteiger partial charge in [0, 0.05) is 25.9 Å². The minimum Gasteiger partial charge on any atom is -0.493 e. The lowest BCUT2D eigenvalue weighted by Crippen LogP contribution is -2.18. The number of carbonyl (C=O) groups is 1. The van der Waals surface area contributed by atoms with Crippen molar-refractivity contribution in [1.29, 1.82) is 0 Å². The van der Waals surface area contributed by atoms with Crippen molar-refractivity contribution in [3.8, 4) is 11.5 Å². The van der Waals surface area contributed by atoms with E-state index >= 15 is 0 Å². The van der Waals surface area contributed by atoms with Gasteiger partial charge in [0.25, 0.3) is 0 Å². The maximum absolute atomic E-state index is 9.93. The molecule has 1 fully saturated rings. The summed E-state index contributed by atoms with van der Waals surface area (Å²) in [6.07, 6.45) is 17.9. The molecule has 1 amide bonds. The van der Waals surface area contributed by atoms with E-state index in [2.05, 4.69) is 65.8 Å². The molecule has 2 unspecified atom stereocenters. The lowest BCUT2D eigenvalue weighted by molar-refractivity contribution is -0.118. The molecule has 2 aliphatic carbocycles. The second kappa shape index (κ2) is 15.1. The van der Waals surface area contributed by atoms with Crippen LogP contribution in [0.15, 0.2) is 66.5 Å². The molecule has 0 aliphatic heterocycles. The zero-order chi connectivity index (χ0) is 25.0. The van der Waals surface area contributed by atoms with Gasteiger partial charge in [-0.2, -0.15) is 0 Å². The molecule has 4 rings (SSSR count). The number of amides is 1. The van der Waals surface area contributed by atoms with Gasteiger partial charge >= 0.3 is 0 Å². The topological polar surface area (TPSA) is 60.5 Å². The third kappa shape index (κ3) is 8.85. The van der Waals surface area contributed by atoms with Crippen LogP contribution in [0.4, 0.5) is 0 Å². The maximum atomic E-state index is 9.93. The Morgan fingerprint density at radius 3 is 2.44 bits per heavy atom. The van der Waals surface area contributed by atoms with Crippen molar-refractivity contribution in [1.82, 2.24) is 10.3 Å². The average molecular weight is 493 g/mol. The van der Waals surface area contributed by atoms with Gasteiger partial charge in [-0.05, 0) is 99.6 Å². The second-order valence-electron chi connectivity index (χ2n) is 9.40. The molecule has 2 aromatic rings. The van der Waals surface area contributed by atoms with Gasteiger partial charge in [0.15, 0.2) is 11.5 Å². The Kier molecular flexibility index (Phi) is 12.2. The number of rotatable bonds is 8. The van der Waals surface area contributed by atoms with Crippen molar-refractivity contribution in [3.05, 3.63) is 77.7 Å². The summed E-state index contributed by atoms with van der Waals surface area (Å²) in [5.74, 6) is 2.62. The molecule has 5 nitrogen and oxygen atoms in total. The van der Waals surface area contributed by atoms with Crippen molar-refractivity contribution >= 4 is 5.91 Å². The molecule has 1 heterocycles. The fourth-order valence-corrected chi connectivity index (χ4v) is 4.89. The lowest BCUT2D eigenvalue weighted by atomic mass is 9.77. The summed E-state index contributed by atoms with van der Waals surface area (Å²) in [4.78, 5) is 14.1. The fraction of sp³-hybridized carbons (Fsp3) is 0.484. The van der Waals surface area contributed by atoms with Crippen LogP contribution >= 0.6 is 0 Å². The van der Waals surface area contributed by atoms with Crippen molar-refractivity contribution in [2.75, 3.05) is 13.7 Å². The van der Waals surface area contributed by atoms with Crippen molar-refractivity contribution in [3.63, 3.8) is 0 Å². The normalized spacial score (nSPS) is 17.7. The Bertz CT molecular complexity index is 994. The number of methoxy groups -OCH3 is 1. The molecule has 1 aromatic heterocycles. The van der Waals surface area contributed by atoms with Crippen LogP contribution in [0.2, 0.25) is 0 Å². The van der Waals surface area contributed by atoms with Crippen LogP contribution in [0.1, 0.15) is 77.3 Å². The summed E-state index contributed by atoms with van der Waals surface area (Å²) < 4.78 is 12.0. The standard InChI is InChI=1S/C26H31NO2.C4H9NO.CH4/c1-19-6-5-7-21(16-19)24(17-20-12-14-27-15-13-20)22-10-11-25(28-2)26(18-22)29-23-8-3-4-9-23;1-3-5-4(2)6;/h5-6,10-16,18,21,23-24H,3-4,7-9,17H2,1-2H3;3H2,1-2H3,(H,5,6);1H4. The highest BCUT2D eigenvalue weighted by Gasteiger charge is 2.25. The Hall–Kier alpha value is -3.08. The summed E-state index contributed by atoms with van der Waals surface area (Å²) in [6, 6.07) is 10.8. The minimum absolute atomic E-state index is 0. The Balaban J connectivity index is 0.000000584. The molecule has 5 heteroatoms. The van der Waals surface area contributed by atoms with Crippen LogP contribution in [0.25, 0.3) is 0 Å². The van der Waals surface area contributed by atoms with E-state index in [9.17, 15) is 4.79 Å². The number of hydrogen-bond donors (Lipinski definition) is 1. The van der Waals surface area contributed by atoms with E-state index in [1.807, 2.05) is 19.3 Å². The average Bonchev–Trinajstić information content (AvgIpc) is 3.37. The number of benzene rings is 1. The van der Waals surface area contributed by atoms with Gasteiger partial charge in [-0.25, -0.2) is 0 Å². The smallest absolute Gasteiger partial charge is 0.216 e. The Morgan fingerprint density at radius 2 is 1.86 bits per heavy atom.